The number of carbonyl (C=O) groups is 1. The molecule has 0 aliphatic rings. The van der Waals surface area contributed by atoms with Gasteiger partial charge in [-0.05, 0) is 47.7 Å². The first-order chi connectivity index (χ1) is 15.9. The van der Waals surface area contributed by atoms with E-state index in [9.17, 15) is 20.1 Å². The molecule has 0 aromatic heterocycles. The minimum atomic E-state index is -0.741. The molecule has 0 spiro atoms. The van der Waals surface area contributed by atoms with Gasteiger partial charge in [-0.2, -0.15) is 0 Å². The second-order valence-electron chi connectivity index (χ2n) is 8.33. The highest BCUT2D eigenvalue weighted by atomic mass is 16.3. The van der Waals surface area contributed by atoms with Crippen molar-refractivity contribution in [3.05, 3.63) is 101 Å². The van der Waals surface area contributed by atoms with Crippen LogP contribution >= 0.6 is 0 Å². The molecule has 0 aliphatic heterocycles. The van der Waals surface area contributed by atoms with Crippen LogP contribution in [-0.4, -0.2) is 33.8 Å². The van der Waals surface area contributed by atoms with Gasteiger partial charge < -0.3 is 26.0 Å². The molecule has 0 aliphatic carbocycles. The Kier molecular flexibility index (Phi) is 9.01. The van der Waals surface area contributed by atoms with E-state index in [1.54, 1.807) is 12.1 Å². The van der Waals surface area contributed by atoms with E-state index < -0.39 is 6.10 Å². The monoisotopic (exact) mass is 448 g/mol. The molecule has 3 rings (SSSR count). The fourth-order valence-electron chi connectivity index (χ4n) is 3.63. The first kappa shape index (κ1) is 24.5. The van der Waals surface area contributed by atoms with Crippen LogP contribution in [-0.2, 0) is 30.8 Å². The summed E-state index contributed by atoms with van der Waals surface area (Å²) in [7, 11) is 0. The molecule has 0 saturated carbocycles. The summed E-state index contributed by atoms with van der Waals surface area (Å²) < 4.78 is 0. The standard InChI is InChI=1S/C27H32N2O4/c1-19(28-17-26(32)23-11-12-25(31)24(15-23)18-30)13-20-7-9-21(10-8-20)14-27(33)29-16-22-5-3-2-4-6-22/h2-12,15,19,26,28,30-32H,13-14,16-18H2,1H3,(H,29,33)/t19?,26-/m0/s1. The van der Waals surface area contributed by atoms with Crippen molar-refractivity contribution >= 4 is 5.91 Å². The number of aliphatic hydroxyl groups is 2. The molecule has 5 N–H and O–H groups in total. The molecule has 0 bridgehead atoms. The highest BCUT2D eigenvalue weighted by molar-refractivity contribution is 5.78. The number of aliphatic hydroxyl groups excluding tert-OH is 2. The second-order valence-corrected chi connectivity index (χ2v) is 8.33. The Morgan fingerprint density at radius 1 is 0.939 bits per heavy atom. The number of hydrogen-bond acceptors (Lipinski definition) is 5. The smallest absolute Gasteiger partial charge is 0.224 e. The van der Waals surface area contributed by atoms with Gasteiger partial charge in [-0.3, -0.25) is 4.79 Å². The van der Waals surface area contributed by atoms with Gasteiger partial charge in [0.2, 0.25) is 5.91 Å². The Hall–Kier alpha value is -3.19. The summed E-state index contributed by atoms with van der Waals surface area (Å²) in [5.41, 5.74) is 4.23. The summed E-state index contributed by atoms with van der Waals surface area (Å²) in [5.74, 6) is 0.0149. The molecule has 6 heteroatoms. The minimum Gasteiger partial charge on any atom is -0.508 e. The molecule has 2 atom stereocenters. The van der Waals surface area contributed by atoms with E-state index >= 15 is 0 Å². The predicted molar refractivity (Wildman–Crippen MR) is 129 cm³/mol. The van der Waals surface area contributed by atoms with Crippen molar-refractivity contribution in [3.8, 4) is 5.75 Å². The number of aromatic hydroxyl groups is 1. The molecular formula is C27H32N2O4. The van der Waals surface area contributed by atoms with Gasteiger partial charge in [0, 0.05) is 24.7 Å². The van der Waals surface area contributed by atoms with E-state index in [0.717, 1.165) is 23.1 Å². The summed E-state index contributed by atoms with van der Waals surface area (Å²) in [5, 5.41) is 35.6. The van der Waals surface area contributed by atoms with Gasteiger partial charge in [0.1, 0.15) is 5.75 Å². The average Bonchev–Trinajstić information content (AvgIpc) is 2.83. The number of phenols is 1. The van der Waals surface area contributed by atoms with Crippen LogP contribution in [0.4, 0.5) is 0 Å². The number of carbonyl (C=O) groups excluding carboxylic acids is 1. The van der Waals surface area contributed by atoms with Crippen molar-refractivity contribution in [3.63, 3.8) is 0 Å². The normalized spacial score (nSPS) is 12.8. The number of rotatable bonds is 11. The maximum Gasteiger partial charge on any atom is 0.224 e. The fourth-order valence-corrected chi connectivity index (χ4v) is 3.63. The second kappa shape index (κ2) is 12.2. The highest BCUT2D eigenvalue weighted by Gasteiger charge is 2.12. The van der Waals surface area contributed by atoms with Crippen molar-refractivity contribution in [2.45, 2.75) is 45.1 Å². The van der Waals surface area contributed by atoms with Gasteiger partial charge in [0.25, 0.3) is 0 Å². The topological polar surface area (TPSA) is 102 Å². The van der Waals surface area contributed by atoms with E-state index in [2.05, 4.69) is 10.6 Å². The quantitative estimate of drug-likeness (QED) is 0.310. The van der Waals surface area contributed by atoms with Crippen LogP contribution in [0.15, 0.2) is 72.8 Å². The average molecular weight is 449 g/mol. The van der Waals surface area contributed by atoms with E-state index in [1.165, 1.54) is 6.07 Å². The molecular weight excluding hydrogens is 416 g/mol. The maximum absolute atomic E-state index is 12.2. The molecule has 0 saturated heterocycles. The highest BCUT2D eigenvalue weighted by Crippen LogP contribution is 2.22. The van der Waals surface area contributed by atoms with Gasteiger partial charge >= 0.3 is 0 Å². The molecule has 6 nitrogen and oxygen atoms in total. The lowest BCUT2D eigenvalue weighted by atomic mass is 10.0. The molecule has 1 amide bonds. The van der Waals surface area contributed by atoms with E-state index in [-0.39, 0.29) is 24.3 Å². The predicted octanol–water partition coefficient (Wildman–Crippen LogP) is 3.00. The van der Waals surface area contributed by atoms with E-state index in [4.69, 9.17) is 0 Å². The first-order valence-electron chi connectivity index (χ1n) is 11.2. The molecule has 3 aromatic carbocycles. The van der Waals surface area contributed by atoms with E-state index in [0.29, 0.717) is 30.6 Å². The number of amides is 1. The van der Waals surface area contributed by atoms with E-state index in [1.807, 2.05) is 61.5 Å². The Balaban J connectivity index is 1.42. The first-order valence-corrected chi connectivity index (χ1v) is 11.2. The zero-order valence-corrected chi connectivity index (χ0v) is 18.9. The molecule has 174 valence electrons. The Labute approximate surface area is 194 Å². The Bertz CT molecular complexity index is 1020. The Morgan fingerprint density at radius 2 is 1.64 bits per heavy atom. The van der Waals surface area contributed by atoms with Crippen LogP contribution in [0.3, 0.4) is 0 Å². The Morgan fingerprint density at radius 3 is 2.33 bits per heavy atom. The maximum atomic E-state index is 12.2. The lowest BCUT2D eigenvalue weighted by Gasteiger charge is -2.18. The molecule has 0 radical (unpaired) electrons. The van der Waals surface area contributed by atoms with Gasteiger partial charge in [0.05, 0.1) is 19.1 Å². The number of benzene rings is 3. The number of nitrogens with one attached hydrogen (secondary N) is 2. The molecule has 1 unspecified atom stereocenters. The summed E-state index contributed by atoms with van der Waals surface area (Å²) in [6.07, 6.45) is 0.385. The van der Waals surface area contributed by atoms with Crippen molar-refractivity contribution in [2.75, 3.05) is 6.54 Å². The van der Waals surface area contributed by atoms with Crippen molar-refractivity contribution in [1.82, 2.24) is 10.6 Å². The molecule has 0 heterocycles. The zero-order valence-electron chi connectivity index (χ0n) is 18.9. The third kappa shape index (κ3) is 7.71. The van der Waals surface area contributed by atoms with Crippen molar-refractivity contribution in [1.29, 1.82) is 0 Å². The minimum absolute atomic E-state index is 0.00536. The lowest BCUT2D eigenvalue weighted by molar-refractivity contribution is -0.120. The van der Waals surface area contributed by atoms with Crippen LogP contribution in [0, 0.1) is 0 Å². The summed E-state index contributed by atoms with van der Waals surface area (Å²) in [6, 6.07) is 22.7. The SMILES string of the molecule is CC(Cc1ccc(CC(=O)NCc2ccccc2)cc1)NC[C@H](O)c1ccc(O)c(CO)c1. The summed E-state index contributed by atoms with van der Waals surface area (Å²) in [4.78, 5) is 12.2. The third-order valence-corrected chi connectivity index (χ3v) is 5.58. The van der Waals surface area contributed by atoms with Gasteiger partial charge in [-0.15, -0.1) is 0 Å². The van der Waals surface area contributed by atoms with Crippen molar-refractivity contribution in [2.24, 2.45) is 0 Å². The third-order valence-electron chi connectivity index (χ3n) is 5.58. The largest absolute Gasteiger partial charge is 0.508 e. The molecule has 33 heavy (non-hydrogen) atoms. The zero-order chi connectivity index (χ0) is 23.6. The van der Waals surface area contributed by atoms with Crippen LogP contribution in [0.5, 0.6) is 5.75 Å². The summed E-state index contributed by atoms with van der Waals surface area (Å²) >= 11 is 0. The van der Waals surface area contributed by atoms with Gasteiger partial charge in [-0.25, -0.2) is 0 Å². The molecule has 0 fully saturated rings. The van der Waals surface area contributed by atoms with Gasteiger partial charge in [0.15, 0.2) is 0 Å². The lowest BCUT2D eigenvalue weighted by Crippen LogP contribution is -2.32. The van der Waals surface area contributed by atoms with Crippen LogP contribution in [0.25, 0.3) is 0 Å². The molecule has 3 aromatic rings. The van der Waals surface area contributed by atoms with Crippen LogP contribution in [0.2, 0.25) is 0 Å². The van der Waals surface area contributed by atoms with Crippen LogP contribution < -0.4 is 10.6 Å². The van der Waals surface area contributed by atoms with Crippen molar-refractivity contribution < 1.29 is 20.1 Å². The fraction of sp³-hybridized carbons (Fsp3) is 0.296. The van der Waals surface area contributed by atoms with Crippen LogP contribution in [0.1, 0.15) is 40.8 Å². The number of hydrogen-bond donors (Lipinski definition) is 5. The van der Waals surface area contributed by atoms with Gasteiger partial charge in [-0.1, -0.05) is 60.7 Å². The summed E-state index contributed by atoms with van der Waals surface area (Å²) in [6.45, 7) is 2.66.